The summed E-state index contributed by atoms with van der Waals surface area (Å²) in [5.74, 6) is 0.795. The molecule has 0 saturated heterocycles. The molecule has 0 aliphatic rings. The Balaban J connectivity index is 2.15. The van der Waals surface area contributed by atoms with Crippen LogP contribution in [0.25, 0.3) is 11.0 Å². The Kier molecular flexibility index (Phi) is 4.33. The molecule has 114 valence electrons. The van der Waals surface area contributed by atoms with Gasteiger partial charge >= 0.3 is 0 Å². The van der Waals surface area contributed by atoms with Crippen LogP contribution in [-0.2, 0) is 6.54 Å². The van der Waals surface area contributed by atoms with Gasteiger partial charge in [-0.1, -0.05) is 46.9 Å². The number of imidazole rings is 1. The van der Waals surface area contributed by atoms with E-state index in [1.54, 1.807) is 6.07 Å². The number of benzene rings is 2. The molecular weight excluding hydrogens is 341 g/mol. The Morgan fingerprint density at radius 3 is 2.36 bits per heavy atom. The summed E-state index contributed by atoms with van der Waals surface area (Å²) in [7, 11) is 0. The molecule has 0 aliphatic heterocycles. The minimum absolute atomic E-state index is 0.197. The van der Waals surface area contributed by atoms with Crippen LogP contribution in [0.5, 0.6) is 0 Å². The normalized spacial score (nSPS) is 12.8. The second-order valence-electron chi connectivity index (χ2n) is 5.23. The van der Waals surface area contributed by atoms with E-state index in [0.717, 1.165) is 22.4 Å². The minimum Gasteiger partial charge on any atom is -0.322 e. The highest BCUT2D eigenvalue weighted by Crippen LogP contribution is 2.30. The molecule has 0 unspecified atom stereocenters. The molecule has 3 aromatic rings. The topological polar surface area (TPSA) is 43.8 Å². The molecule has 1 heterocycles. The molecule has 3 nitrogen and oxygen atoms in total. The van der Waals surface area contributed by atoms with Crippen molar-refractivity contribution in [2.24, 2.45) is 5.73 Å². The Morgan fingerprint density at radius 2 is 1.73 bits per heavy atom. The summed E-state index contributed by atoms with van der Waals surface area (Å²) >= 11 is 18.2. The van der Waals surface area contributed by atoms with E-state index in [1.807, 2.05) is 37.3 Å². The Hall–Kier alpha value is -1.26. The SMILES string of the molecule is C[C@H](N)c1nc2cc(Cl)c(Cl)cc2n1Cc1ccc(Cl)cc1. The van der Waals surface area contributed by atoms with Crippen molar-refractivity contribution in [2.45, 2.75) is 19.5 Å². The third-order valence-corrected chi connectivity index (χ3v) is 4.46. The predicted molar refractivity (Wildman–Crippen MR) is 92.9 cm³/mol. The highest BCUT2D eigenvalue weighted by Gasteiger charge is 2.16. The summed E-state index contributed by atoms with van der Waals surface area (Å²) in [5.41, 5.74) is 8.87. The molecule has 22 heavy (non-hydrogen) atoms. The molecule has 0 saturated carbocycles. The zero-order valence-electron chi connectivity index (χ0n) is 11.9. The number of rotatable bonds is 3. The third-order valence-electron chi connectivity index (χ3n) is 3.48. The van der Waals surface area contributed by atoms with Gasteiger partial charge in [-0.15, -0.1) is 0 Å². The fourth-order valence-corrected chi connectivity index (χ4v) is 2.87. The molecule has 0 aliphatic carbocycles. The maximum absolute atomic E-state index is 6.15. The smallest absolute Gasteiger partial charge is 0.126 e. The van der Waals surface area contributed by atoms with Crippen LogP contribution in [0.1, 0.15) is 24.4 Å². The van der Waals surface area contributed by atoms with E-state index in [1.165, 1.54) is 0 Å². The van der Waals surface area contributed by atoms with Gasteiger partial charge in [0.25, 0.3) is 0 Å². The van der Waals surface area contributed by atoms with E-state index >= 15 is 0 Å². The first kappa shape index (κ1) is 15.6. The predicted octanol–water partition coefficient (Wildman–Crippen LogP) is 5.06. The monoisotopic (exact) mass is 353 g/mol. The van der Waals surface area contributed by atoms with Gasteiger partial charge in [-0.05, 0) is 36.8 Å². The van der Waals surface area contributed by atoms with Crippen LogP contribution in [0.15, 0.2) is 36.4 Å². The van der Waals surface area contributed by atoms with Crippen LogP contribution in [0.4, 0.5) is 0 Å². The average Bonchev–Trinajstić information content (AvgIpc) is 2.80. The number of hydrogen-bond acceptors (Lipinski definition) is 2. The fraction of sp³-hybridized carbons (Fsp3) is 0.188. The summed E-state index contributed by atoms with van der Waals surface area (Å²) in [6.07, 6.45) is 0. The van der Waals surface area contributed by atoms with Crippen molar-refractivity contribution in [3.8, 4) is 0 Å². The van der Waals surface area contributed by atoms with Gasteiger partial charge in [0.2, 0.25) is 0 Å². The van der Waals surface area contributed by atoms with Gasteiger partial charge in [-0.25, -0.2) is 4.98 Å². The molecule has 0 spiro atoms. The Bertz CT molecular complexity index is 823. The average molecular weight is 355 g/mol. The van der Waals surface area contributed by atoms with Crippen molar-refractivity contribution in [2.75, 3.05) is 0 Å². The van der Waals surface area contributed by atoms with Crippen LogP contribution in [0, 0.1) is 0 Å². The molecule has 1 atom stereocenters. The van der Waals surface area contributed by atoms with Gasteiger partial charge in [0.15, 0.2) is 0 Å². The number of fused-ring (bicyclic) bond motifs is 1. The second-order valence-corrected chi connectivity index (χ2v) is 6.48. The Labute approximate surface area is 143 Å². The zero-order valence-corrected chi connectivity index (χ0v) is 14.1. The van der Waals surface area contributed by atoms with E-state index in [0.29, 0.717) is 21.6 Å². The van der Waals surface area contributed by atoms with Crippen LogP contribution in [-0.4, -0.2) is 9.55 Å². The van der Waals surface area contributed by atoms with Crippen LogP contribution in [0.3, 0.4) is 0 Å². The first-order chi connectivity index (χ1) is 10.5. The largest absolute Gasteiger partial charge is 0.322 e. The van der Waals surface area contributed by atoms with E-state index in [9.17, 15) is 0 Å². The summed E-state index contributed by atoms with van der Waals surface area (Å²) in [5, 5.41) is 1.70. The highest BCUT2D eigenvalue weighted by atomic mass is 35.5. The van der Waals surface area contributed by atoms with Crippen molar-refractivity contribution in [3.05, 3.63) is 62.9 Å². The molecule has 1 aromatic heterocycles. The summed E-state index contributed by atoms with van der Waals surface area (Å²) < 4.78 is 2.06. The lowest BCUT2D eigenvalue weighted by molar-refractivity contribution is 0.664. The number of nitrogens with zero attached hydrogens (tertiary/aromatic N) is 2. The molecule has 6 heteroatoms. The van der Waals surface area contributed by atoms with Crippen molar-refractivity contribution in [3.63, 3.8) is 0 Å². The third kappa shape index (κ3) is 2.95. The van der Waals surface area contributed by atoms with E-state index < -0.39 is 0 Å². The molecule has 3 rings (SSSR count). The first-order valence-electron chi connectivity index (χ1n) is 6.81. The van der Waals surface area contributed by atoms with Gasteiger partial charge in [-0.2, -0.15) is 0 Å². The maximum atomic E-state index is 6.15. The molecule has 0 amide bonds. The zero-order chi connectivity index (χ0) is 15.9. The van der Waals surface area contributed by atoms with E-state index in [4.69, 9.17) is 40.5 Å². The van der Waals surface area contributed by atoms with E-state index in [2.05, 4.69) is 9.55 Å². The maximum Gasteiger partial charge on any atom is 0.126 e. The molecular formula is C16H14Cl3N3. The highest BCUT2D eigenvalue weighted by molar-refractivity contribution is 6.42. The van der Waals surface area contributed by atoms with Gasteiger partial charge in [-0.3, -0.25) is 0 Å². The van der Waals surface area contributed by atoms with Crippen molar-refractivity contribution in [1.82, 2.24) is 9.55 Å². The number of aromatic nitrogens is 2. The molecule has 0 fully saturated rings. The lowest BCUT2D eigenvalue weighted by Gasteiger charge is -2.12. The summed E-state index contributed by atoms with van der Waals surface area (Å²) in [6.45, 7) is 2.55. The molecule has 2 aromatic carbocycles. The number of nitrogens with two attached hydrogens (primary N) is 1. The summed E-state index contributed by atoms with van der Waals surface area (Å²) in [6, 6.07) is 11.1. The lowest BCUT2D eigenvalue weighted by Crippen LogP contribution is -2.14. The standard InChI is InChI=1S/C16H14Cl3N3/c1-9(20)16-21-14-6-12(18)13(19)7-15(14)22(16)8-10-2-4-11(17)5-3-10/h2-7,9H,8,20H2,1H3/t9-/m0/s1. The molecule has 0 bridgehead atoms. The van der Waals surface area contributed by atoms with Gasteiger partial charge < -0.3 is 10.3 Å². The summed E-state index contributed by atoms with van der Waals surface area (Å²) in [4.78, 5) is 4.60. The van der Waals surface area contributed by atoms with Gasteiger partial charge in [0, 0.05) is 11.6 Å². The first-order valence-corrected chi connectivity index (χ1v) is 7.94. The second kappa shape index (κ2) is 6.09. The lowest BCUT2D eigenvalue weighted by atomic mass is 10.2. The number of halogens is 3. The van der Waals surface area contributed by atoms with Crippen LogP contribution in [0.2, 0.25) is 15.1 Å². The van der Waals surface area contributed by atoms with E-state index in [-0.39, 0.29) is 6.04 Å². The number of hydrogen-bond donors (Lipinski definition) is 1. The van der Waals surface area contributed by atoms with Crippen LogP contribution >= 0.6 is 34.8 Å². The van der Waals surface area contributed by atoms with Crippen LogP contribution < -0.4 is 5.73 Å². The quantitative estimate of drug-likeness (QED) is 0.714. The van der Waals surface area contributed by atoms with Gasteiger partial charge in [0.1, 0.15) is 5.82 Å². The molecule has 2 N–H and O–H groups in total. The Morgan fingerprint density at radius 1 is 1.09 bits per heavy atom. The van der Waals surface area contributed by atoms with Gasteiger partial charge in [0.05, 0.1) is 27.1 Å². The van der Waals surface area contributed by atoms with Crippen molar-refractivity contribution < 1.29 is 0 Å². The minimum atomic E-state index is -0.197. The van der Waals surface area contributed by atoms with Crippen molar-refractivity contribution in [1.29, 1.82) is 0 Å². The fourth-order valence-electron chi connectivity index (χ4n) is 2.42. The van der Waals surface area contributed by atoms with Crippen molar-refractivity contribution >= 4 is 45.8 Å². The molecule has 0 radical (unpaired) electrons.